The number of hydrogen-bond donors (Lipinski definition) is 0. The molecule has 26 heavy (non-hydrogen) atoms. The minimum atomic E-state index is -0.278. The van der Waals surface area contributed by atoms with Crippen LogP contribution >= 0.6 is 0 Å². The zero-order chi connectivity index (χ0) is 18.3. The maximum Gasteiger partial charge on any atom is 0.282 e. The normalized spacial score (nSPS) is 15.1. The summed E-state index contributed by atoms with van der Waals surface area (Å²) >= 11 is 0. The average molecular weight is 346 g/mol. The van der Waals surface area contributed by atoms with Crippen molar-refractivity contribution in [1.29, 1.82) is 0 Å². The predicted molar refractivity (Wildman–Crippen MR) is 102 cm³/mol. The molecule has 0 radical (unpaired) electrons. The van der Waals surface area contributed by atoms with Crippen molar-refractivity contribution in [2.75, 3.05) is 11.4 Å². The van der Waals surface area contributed by atoms with Crippen molar-refractivity contribution >= 4 is 28.2 Å². The van der Waals surface area contributed by atoms with Gasteiger partial charge in [0.1, 0.15) is 5.82 Å². The quantitative estimate of drug-likeness (QED) is 0.732. The van der Waals surface area contributed by atoms with E-state index in [0.29, 0.717) is 23.3 Å². The van der Waals surface area contributed by atoms with Crippen molar-refractivity contribution < 1.29 is 4.79 Å². The second kappa shape index (κ2) is 6.22. The molecule has 1 aliphatic rings. The van der Waals surface area contributed by atoms with Gasteiger partial charge in [-0.1, -0.05) is 37.3 Å². The van der Waals surface area contributed by atoms with Crippen molar-refractivity contribution in [3.05, 3.63) is 70.3 Å². The summed E-state index contributed by atoms with van der Waals surface area (Å²) in [6, 6.07) is 14.7. The molecular formula is C20H18N4O2. The van der Waals surface area contributed by atoms with Gasteiger partial charge in [0.15, 0.2) is 5.71 Å². The Balaban J connectivity index is 1.93. The van der Waals surface area contributed by atoms with E-state index in [1.165, 1.54) is 4.68 Å². The highest BCUT2D eigenvalue weighted by Crippen LogP contribution is 2.29. The molecule has 6 nitrogen and oxygen atoms in total. The number of aryl methyl sites for hydroxylation is 1. The number of carbonyl (C=O) groups is 1. The summed E-state index contributed by atoms with van der Waals surface area (Å²) in [6.45, 7) is 4.35. The Morgan fingerprint density at radius 1 is 1.04 bits per heavy atom. The fourth-order valence-electron chi connectivity index (χ4n) is 3.26. The first-order valence-electron chi connectivity index (χ1n) is 8.60. The molecule has 3 aromatic rings. The van der Waals surface area contributed by atoms with E-state index in [1.807, 2.05) is 37.3 Å². The number of hydrogen-bond acceptors (Lipinski definition) is 4. The standard InChI is InChI=1S/C20H18N4O2/c1-3-12-23-17-11-7-5-9-15(17)18(20(23)26)22-24-13(2)21-16-10-6-4-8-14(16)19(24)25/h4-11H,3,12H2,1-2H3/b22-18+. The second-order valence-corrected chi connectivity index (χ2v) is 6.22. The van der Waals surface area contributed by atoms with Crippen molar-refractivity contribution in [1.82, 2.24) is 9.66 Å². The lowest BCUT2D eigenvalue weighted by Gasteiger charge is -2.15. The van der Waals surface area contributed by atoms with Crippen molar-refractivity contribution in [3.63, 3.8) is 0 Å². The molecular weight excluding hydrogens is 328 g/mol. The summed E-state index contributed by atoms with van der Waals surface area (Å²) < 4.78 is 1.22. The van der Waals surface area contributed by atoms with Gasteiger partial charge >= 0.3 is 0 Å². The zero-order valence-corrected chi connectivity index (χ0v) is 14.6. The van der Waals surface area contributed by atoms with Gasteiger partial charge in [0.25, 0.3) is 11.5 Å². The highest BCUT2D eigenvalue weighted by molar-refractivity contribution is 6.54. The van der Waals surface area contributed by atoms with Crippen LogP contribution in [0.2, 0.25) is 0 Å². The van der Waals surface area contributed by atoms with Crippen LogP contribution in [0.15, 0.2) is 58.4 Å². The minimum absolute atomic E-state index is 0.187. The molecule has 2 heterocycles. The fourth-order valence-corrected chi connectivity index (χ4v) is 3.26. The lowest BCUT2D eigenvalue weighted by molar-refractivity contribution is -0.112. The van der Waals surface area contributed by atoms with Gasteiger partial charge in [0.2, 0.25) is 0 Å². The van der Waals surface area contributed by atoms with Crippen LogP contribution in [0.3, 0.4) is 0 Å². The van der Waals surface area contributed by atoms with Crippen LogP contribution in [-0.4, -0.2) is 27.8 Å². The summed E-state index contributed by atoms with van der Waals surface area (Å²) in [6.07, 6.45) is 0.837. The topological polar surface area (TPSA) is 67.6 Å². The van der Waals surface area contributed by atoms with Crippen LogP contribution in [0.4, 0.5) is 5.69 Å². The number of anilines is 1. The molecule has 0 N–H and O–H groups in total. The number of aromatic nitrogens is 2. The minimum Gasteiger partial charge on any atom is -0.306 e. The Hall–Kier alpha value is -3.28. The molecule has 130 valence electrons. The molecule has 0 aliphatic carbocycles. The van der Waals surface area contributed by atoms with E-state index in [0.717, 1.165) is 17.7 Å². The molecule has 0 saturated heterocycles. The number of carbonyl (C=O) groups excluding carboxylic acids is 1. The molecule has 6 heteroatoms. The van der Waals surface area contributed by atoms with Gasteiger partial charge in [0.05, 0.1) is 16.6 Å². The molecule has 0 atom stereocenters. The zero-order valence-electron chi connectivity index (χ0n) is 14.6. The Morgan fingerprint density at radius 2 is 1.77 bits per heavy atom. The largest absolute Gasteiger partial charge is 0.306 e. The van der Waals surface area contributed by atoms with Gasteiger partial charge in [-0.3, -0.25) is 9.59 Å². The Kier molecular flexibility index (Phi) is 3.88. The maximum atomic E-state index is 12.9. The third kappa shape index (κ3) is 2.42. The van der Waals surface area contributed by atoms with E-state index in [9.17, 15) is 9.59 Å². The SMILES string of the molecule is CCCN1C(=O)/C(=N/n2c(C)nc3ccccc3c2=O)c2ccccc21. The number of para-hydroxylation sites is 2. The first-order valence-corrected chi connectivity index (χ1v) is 8.60. The molecule has 0 fully saturated rings. The van der Waals surface area contributed by atoms with Gasteiger partial charge < -0.3 is 4.90 Å². The monoisotopic (exact) mass is 346 g/mol. The molecule has 0 unspecified atom stereocenters. The van der Waals surface area contributed by atoms with E-state index in [-0.39, 0.29) is 17.2 Å². The van der Waals surface area contributed by atoms with Crippen molar-refractivity contribution in [2.24, 2.45) is 5.10 Å². The smallest absolute Gasteiger partial charge is 0.282 e. The third-order valence-electron chi connectivity index (χ3n) is 4.46. The van der Waals surface area contributed by atoms with E-state index >= 15 is 0 Å². The van der Waals surface area contributed by atoms with Crippen molar-refractivity contribution in [2.45, 2.75) is 20.3 Å². The van der Waals surface area contributed by atoms with Gasteiger partial charge in [-0.25, -0.2) is 4.98 Å². The highest BCUT2D eigenvalue weighted by Gasteiger charge is 2.33. The molecule has 4 rings (SSSR count). The number of nitrogens with zero attached hydrogens (tertiary/aromatic N) is 4. The first kappa shape index (κ1) is 16.2. The van der Waals surface area contributed by atoms with Crippen LogP contribution < -0.4 is 10.5 Å². The summed E-state index contributed by atoms with van der Waals surface area (Å²) in [7, 11) is 0. The van der Waals surface area contributed by atoms with Crippen molar-refractivity contribution in [3.8, 4) is 0 Å². The summed E-state index contributed by atoms with van der Waals surface area (Å²) in [5, 5.41) is 4.91. The molecule has 1 aromatic heterocycles. The third-order valence-corrected chi connectivity index (χ3v) is 4.46. The Morgan fingerprint density at radius 3 is 2.58 bits per heavy atom. The molecule has 1 aliphatic heterocycles. The first-order chi connectivity index (χ1) is 12.6. The second-order valence-electron chi connectivity index (χ2n) is 6.22. The lowest BCUT2D eigenvalue weighted by atomic mass is 10.1. The molecule has 0 bridgehead atoms. The summed E-state index contributed by atoms with van der Waals surface area (Å²) in [5.41, 5.74) is 2.19. The molecule has 2 aromatic carbocycles. The average Bonchev–Trinajstić information content (AvgIpc) is 2.91. The molecule has 1 amide bonds. The Labute approximate surface area is 150 Å². The number of benzene rings is 2. The highest BCUT2D eigenvalue weighted by atomic mass is 16.2. The van der Waals surface area contributed by atoms with Crippen LogP contribution in [0.1, 0.15) is 24.7 Å². The molecule has 0 spiro atoms. The van der Waals surface area contributed by atoms with E-state index < -0.39 is 0 Å². The van der Waals surface area contributed by atoms with Gasteiger partial charge in [-0.15, -0.1) is 0 Å². The predicted octanol–water partition coefficient (Wildman–Crippen LogP) is 2.71. The summed E-state index contributed by atoms with van der Waals surface area (Å²) in [5.74, 6) is 0.257. The van der Waals surface area contributed by atoms with Crippen LogP contribution in [-0.2, 0) is 4.79 Å². The molecule has 0 saturated carbocycles. The number of fused-ring (bicyclic) bond motifs is 2. The maximum absolute atomic E-state index is 12.9. The lowest BCUT2D eigenvalue weighted by Crippen LogP contribution is -2.32. The number of rotatable bonds is 3. The van der Waals surface area contributed by atoms with Crippen LogP contribution in [0.5, 0.6) is 0 Å². The summed E-state index contributed by atoms with van der Waals surface area (Å²) in [4.78, 5) is 31.9. The van der Waals surface area contributed by atoms with Gasteiger partial charge in [0, 0.05) is 12.1 Å². The van der Waals surface area contributed by atoms with E-state index in [2.05, 4.69) is 10.1 Å². The van der Waals surface area contributed by atoms with Gasteiger partial charge in [-0.05, 0) is 31.5 Å². The van der Waals surface area contributed by atoms with Gasteiger partial charge in [-0.2, -0.15) is 9.78 Å². The van der Waals surface area contributed by atoms with Crippen LogP contribution in [0.25, 0.3) is 10.9 Å². The van der Waals surface area contributed by atoms with Crippen LogP contribution in [0, 0.1) is 6.92 Å². The van der Waals surface area contributed by atoms with E-state index in [4.69, 9.17) is 0 Å². The van der Waals surface area contributed by atoms with E-state index in [1.54, 1.807) is 30.0 Å². The fraction of sp³-hybridized carbons (Fsp3) is 0.200. The number of amides is 1. The Bertz CT molecular complexity index is 1110.